The van der Waals surface area contributed by atoms with Crippen LogP contribution in [0.25, 0.3) is 0 Å². The predicted molar refractivity (Wildman–Crippen MR) is 51.1 cm³/mol. The third kappa shape index (κ3) is 1.82. The average molecular weight is 284 g/mol. The summed E-state index contributed by atoms with van der Waals surface area (Å²) in [5.41, 5.74) is 5.66. The van der Waals surface area contributed by atoms with E-state index in [1.807, 2.05) is 22.6 Å². The van der Waals surface area contributed by atoms with Gasteiger partial charge in [0.05, 0.1) is 5.56 Å². The van der Waals surface area contributed by atoms with Gasteiger partial charge in [0.15, 0.2) is 0 Å². The van der Waals surface area contributed by atoms with Crippen LogP contribution in [-0.2, 0) is 0 Å². The summed E-state index contributed by atoms with van der Waals surface area (Å²) in [7, 11) is 0. The highest BCUT2D eigenvalue weighted by atomic mass is 127. The molecular formula is C7H7F2IN2. The van der Waals surface area contributed by atoms with Crippen molar-refractivity contribution in [2.24, 2.45) is 0 Å². The zero-order valence-electron chi connectivity index (χ0n) is 6.31. The number of nitrogens with two attached hydrogens (primary N) is 1. The highest BCUT2D eigenvalue weighted by Crippen LogP contribution is 2.27. The summed E-state index contributed by atoms with van der Waals surface area (Å²) in [5.74, 6) is -0.0746. The molecular weight excluding hydrogens is 277 g/mol. The van der Waals surface area contributed by atoms with E-state index in [4.69, 9.17) is 5.73 Å². The van der Waals surface area contributed by atoms with E-state index in [-0.39, 0.29) is 11.4 Å². The van der Waals surface area contributed by atoms with E-state index in [2.05, 4.69) is 4.98 Å². The van der Waals surface area contributed by atoms with Crippen molar-refractivity contribution in [3.8, 4) is 0 Å². The average Bonchev–Trinajstić information content (AvgIpc) is 1.82. The van der Waals surface area contributed by atoms with E-state index in [1.165, 1.54) is 0 Å². The fourth-order valence-electron chi connectivity index (χ4n) is 0.950. The van der Waals surface area contributed by atoms with Gasteiger partial charge in [0, 0.05) is 0 Å². The largest absolute Gasteiger partial charge is 0.383 e. The molecule has 1 aromatic heterocycles. The Balaban J connectivity index is 3.28. The normalized spacial score (nSPS) is 10.8. The second-order valence-corrected chi connectivity index (χ2v) is 3.47. The lowest BCUT2D eigenvalue weighted by Gasteiger charge is -2.07. The van der Waals surface area contributed by atoms with Crippen LogP contribution in [0.3, 0.4) is 0 Å². The van der Waals surface area contributed by atoms with Gasteiger partial charge in [0.1, 0.15) is 9.52 Å². The van der Waals surface area contributed by atoms with Gasteiger partial charge in [-0.3, -0.25) is 0 Å². The third-order valence-corrected chi connectivity index (χ3v) is 2.03. The van der Waals surface area contributed by atoms with Crippen LogP contribution in [0.1, 0.15) is 17.6 Å². The molecule has 0 fully saturated rings. The molecule has 0 amide bonds. The zero-order valence-corrected chi connectivity index (χ0v) is 8.47. The quantitative estimate of drug-likeness (QED) is 0.635. The van der Waals surface area contributed by atoms with Crippen molar-refractivity contribution in [2.45, 2.75) is 13.3 Å². The molecule has 0 radical (unpaired) electrons. The summed E-state index contributed by atoms with van der Waals surface area (Å²) in [4.78, 5) is 3.74. The number of hydrogen-bond donors (Lipinski definition) is 1. The summed E-state index contributed by atoms with van der Waals surface area (Å²) >= 11 is 1.94. The molecule has 66 valence electrons. The number of anilines is 1. The maximum atomic E-state index is 12.3. The van der Waals surface area contributed by atoms with Gasteiger partial charge in [-0.05, 0) is 41.1 Å². The lowest BCUT2D eigenvalue weighted by Crippen LogP contribution is -2.02. The third-order valence-electron chi connectivity index (χ3n) is 1.48. The number of hydrogen-bond acceptors (Lipinski definition) is 2. The van der Waals surface area contributed by atoms with Gasteiger partial charge in [-0.25, -0.2) is 13.8 Å². The second kappa shape index (κ2) is 3.51. The van der Waals surface area contributed by atoms with Crippen LogP contribution in [0, 0.1) is 10.6 Å². The topological polar surface area (TPSA) is 38.9 Å². The molecule has 0 aliphatic heterocycles. The number of aromatic nitrogens is 1. The summed E-state index contributed by atoms with van der Waals surface area (Å²) < 4.78 is 25.2. The lowest BCUT2D eigenvalue weighted by molar-refractivity contribution is 0.151. The number of aryl methyl sites for hydroxylation is 1. The minimum absolute atomic E-state index is 0.0746. The van der Waals surface area contributed by atoms with Gasteiger partial charge in [-0.2, -0.15) is 0 Å². The number of nitrogens with zero attached hydrogens (tertiary/aromatic N) is 1. The molecule has 0 aromatic carbocycles. The van der Waals surface area contributed by atoms with Crippen molar-refractivity contribution >= 4 is 28.4 Å². The first kappa shape index (κ1) is 9.63. The second-order valence-electron chi connectivity index (χ2n) is 2.36. The smallest absolute Gasteiger partial charge is 0.267 e. The molecule has 0 saturated carbocycles. The van der Waals surface area contributed by atoms with Crippen molar-refractivity contribution in [2.75, 3.05) is 5.73 Å². The van der Waals surface area contributed by atoms with Gasteiger partial charge in [-0.15, -0.1) is 0 Å². The van der Waals surface area contributed by atoms with Crippen LogP contribution < -0.4 is 5.73 Å². The summed E-state index contributed by atoms with van der Waals surface area (Å²) in [6, 6.07) is 1.58. The van der Waals surface area contributed by atoms with Crippen molar-refractivity contribution in [1.29, 1.82) is 0 Å². The Kier molecular flexibility index (Phi) is 2.81. The van der Waals surface area contributed by atoms with Crippen molar-refractivity contribution in [3.63, 3.8) is 0 Å². The van der Waals surface area contributed by atoms with Crippen molar-refractivity contribution in [1.82, 2.24) is 4.98 Å². The maximum absolute atomic E-state index is 12.3. The molecule has 1 rings (SSSR count). The van der Waals surface area contributed by atoms with Gasteiger partial charge >= 0.3 is 0 Å². The molecule has 12 heavy (non-hydrogen) atoms. The molecule has 1 aromatic rings. The molecule has 2 nitrogen and oxygen atoms in total. The molecule has 1 heterocycles. The molecule has 5 heteroatoms. The molecule has 0 bridgehead atoms. The Hall–Kier alpha value is -0.460. The van der Waals surface area contributed by atoms with Crippen LogP contribution in [-0.4, -0.2) is 4.98 Å². The number of pyridine rings is 1. The van der Waals surface area contributed by atoms with E-state index < -0.39 is 6.43 Å². The standard InChI is InChI=1S/C7H7F2IN2/c1-3-2-4(10)12-7(11)5(3)6(8)9/h2,6H,1H3,(H2,11,12). The van der Waals surface area contributed by atoms with Gasteiger partial charge in [0.2, 0.25) is 0 Å². The first-order valence-corrected chi connectivity index (χ1v) is 4.31. The lowest BCUT2D eigenvalue weighted by atomic mass is 10.1. The van der Waals surface area contributed by atoms with E-state index in [1.54, 1.807) is 13.0 Å². The molecule has 2 N–H and O–H groups in total. The Bertz CT molecular complexity index is 278. The predicted octanol–water partition coefficient (Wildman–Crippen LogP) is 2.51. The van der Waals surface area contributed by atoms with Crippen LogP contribution >= 0.6 is 22.6 Å². The fraction of sp³-hybridized carbons (Fsp3) is 0.286. The van der Waals surface area contributed by atoms with Gasteiger partial charge < -0.3 is 5.73 Å². The van der Waals surface area contributed by atoms with Gasteiger partial charge in [0.25, 0.3) is 6.43 Å². The molecule has 0 saturated heterocycles. The van der Waals surface area contributed by atoms with E-state index in [0.717, 1.165) is 0 Å². The van der Waals surface area contributed by atoms with E-state index >= 15 is 0 Å². The number of nitrogen functional groups attached to an aromatic ring is 1. The highest BCUT2D eigenvalue weighted by molar-refractivity contribution is 14.1. The summed E-state index contributed by atoms with van der Waals surface area (Å²) in [6.07, 6.45) is -2.55. The zero-order chi connectivity index (χ0) is 9.30. The van der Waals surface area contributed by atoms with Crippen molar-refractivity contribution < 1.29 is 8.78 Å². The van der Waals surface area contributed by atoms with Crippen LogP contribution in [0.15, 0.2) is 6.07 Å². The SMILES string of the molecule is Cc1cc(I)nc(N)c1C(F)F. The summed E-state index contributed by atoms with van der Waals surface area (Å²) in [5, 5.41) is 0. The monoisotopic (exact) mass is 284 g/mol. The molecule has 0 unspecified atom stereocenters. The highest BCUT2D eigenvalue weighted by Gasteiger charge is 2.15. The minimum atomic E-state index is -2.55. The van der Waals surface area contributed by atoms with Crippen molar-refractivity contribution in [3.05, 3.63) is 20.9 Å². The minimum Gasteiger partial charge on any atom is -0.383 e. The van der Waals surface area contributed by atoms with Crippen LogP contribution in [0.4, 0.5) is 14.6 Å². The Labute approximate surface area is 82.3 Å². The van der Waals surface area contributed by atoms with E-state index in [0.29, 0.717) is 9.26 Å². The molecule has 0 spiro atoms. The Morgan fingerprint density at radius 2 is 2.17 bits per heavy atom. The van der Waals surface area contributed by atoms with Crippen LogP contribution in [0.2, 0.25) is 0 Å². The maximum Gasteiger partial charge on any atom is 0.267 e. The van der Waals surface area contributed by atoms with Crippen LogP contribution in [0.5, 0.6) is 0 Å². The first-order chi connectivity index (χ1) is 5.52. The molecule has 0 aliphatic rings. The molecule has 0 aliphatic carbocycles. The molecule has 0 atom stereocenters. The number of alkyl halides is 2. The Morgan fingerprint density at radius 3 is 2.58 bits per heavy atom. The van der Waals surface area contributed by atoms with E-state index in [9.17, 15) is 8.78 Å². The fourth-order valence-corrected chi connectivity index (χ4v) is 1.68. The first-order valence-electron chi connectivity index (χ1n) is 3.23. The van der Waals surface area contributed by atoms with Gasteiger partial charge in [-0.1, -0.05) is 0 Å². The number of halogens is 3. The number of rotatable bonds is 1. The Morgan fingerprint density at radius 1 is 1.58 bits per heavy atom. The summed E-state index contributed by atoms with van der Waals surface area (Å²) in [6.45, 7) is 1.60.